The molecule has 0 saturated heterocycles. The third-order valence-electron chi connectivity index (χ3n) is 1.68. The van der Waals surface area contributed by atoms with E-state index >= 15 is 0 Å². The van der Waals surface area contributed by atoms with Gasteiger partial charge in [-0.15, -0.1) is 0 Å². The summed E-state index contributed by atoms with van der Waals surface area (Å²) in [5.41, 5.74) is 1.13. The second kappa shape index (κ2) is 2.79. The molecule has 0 aliphatic carbocycles. The quantitative estimate of drug-likeness (QED) is 0.544. The highest BCUT2D eigenvalue weighted by molar-refractivity contribution is 5.56. The van der Waals surface area contributed by atoms with E-state index < -0.39 is 0 Å². The van der Waals surface area contributed by atoms with Crippen LogP contribution in [0.5, 0.6) is 5.75 Å². The van der Waals surface area contributed by atoms with Crippen molar-refractivity contribution in [1.29, 1.82) is 0 Å². The average Bonchev–Trinajstić information content (AvgIpc) is 2.28. The summed E-state index contributed by atoms with van der Waals surface area (Å²) in [7, 11) is 0. The Kier molecular flexibility index (Phi) is 1.64. The van der Waals surface area contributed by atoms with Gasteiger partial charge in [0, 0.05) is 12.0 Å². The Bertz CT molecular complexity index is 276. The minimum Gasteiger partial charge on any atom is -0.493 e. The lowest BCUT2D eigenvalue weighted by Crippen LogP contribution is -1.94. The second-order valence-corrected chi connectivity index (χ2v) is 2.48. The first-order chi connectivity index (χ1) is 5.47. The summed E-state index contributed by atoms with van der Waals surface area (Å²) in [5.74, 6) is 0.970. The number of benzene rings is 1. The van der Waals surface area contributed by atoms with E-state index in [2.05, 4.69) is 6.08 Å². The minimum atomic E-state index is 0.744. The smallest absolute Gasteiger partial charge is 0.126 e. The van der Waals surface area contributed by atoms with Gasteiger partial charge in [0.15, 0.2) is 0 Å². The molecule has 0 fully saturated rings. The van der Waals surface area contributed by atoms with E-state index in [0.717, 1.165) is 24.3 Å². The number of fused-ring (bicyclic) bond motifs is 1. The first-order valence-electron chi connectivity index (χ1n) is 3.75. The predicted octanol–water partition coefficient (Wildman–Crippen LogP) is 2.29. The van der Waals surface area contributed by atoms with E-state index in [1.165, 1.54) is 0 Å². The zero-order valence-electron chi connectivity index (χ0n) is 6.21. The van der Waals surface area contributed by atoms with Crippen molar-refractivity contribution in [2.24, 2.45) is 0 Å². The summed E-state index contributed by atoms with van der Waals surface area (Å²) in [6.07, 6.45) is 6.03. The topological polar surface area (TPSA) is 9.23 Å². The molecule has 1 nitrogen and oxygen atoms in total. The first-order valence-corrected chi connectivity index (χ1v) is 3.75. The molecule has 0 N–H and O–H groups in total. The zero-order chi connectivity index (χ0) is 7.52. The molecule has 1 radical (unpaired) electrons. The second-order valence-electron chi connectivity index (χ2n) is 2.48. The molecule has 0 atom stereocenters. The van der Waals surface area contributed by atoms with Gasteiger partial charge < -0.3 is 4.74 Å². The van der Waals surface area contributed by atoms with Gasteiger partial charge >= 0.3 is 0 Å². The molecule has 0 amide bonds. The normalized spacial score (nSPS) is 14.9. The first kappa shape index (κ1) is 6.47. The van der Waals surface area contributed by atoms with Gasteiger partial charge in [-0.3, -0.25) is 0 Å². The summed E-state index contributed by atoms with van der Waals surface area (Å²) < 4.78 is 5.45. The van der Waals surface area contributed by atoms with Crippen molar-refractivity contribution in [1.82, 2.24) is 0 Å². The van der Waals surface area contributed by atoms with Crippen LogP contribution < -0.4 is 4.74 Å². The van der Waals surface area contributed by atoms with Gasteiger partial charge in [0.1, 0.15) is 5.75 Å². The molecule has 0 spiro atoms. The van der Waals surface area contributed by atoms with Gasteiger partial charge in [0.25, 0.3) is 0 Å². The van der Waals surface area contributed by atoms with Crippen LogP contribution in [0.3, 0.4) is 0 Å². The van der Waals surface area contributed by atoms with Crippen LogP contribution in [0, 0.1) is 6.08 Å². The third-order valence-corrected chi connectivity index (χ3v) is 1.68. The molecule has 1 aromatic carbocycles. The molecule has 55 valence electrons. The van der Waals surface area contributed by atoms with E-state index in [1.54, 1.807) is 0 Å². The minimum absolute atomic E-state index is 0.744. The molecular weight excluding hydrogens is 136 g/mol. The Hall–Kier alpha value is -1.24. The largest absolute Gasteiger partial charge is 0.493 e. The number of para-hydroxylation sites is 1. The molecule has 1 heterocycles. The number of ether oxygens (including phenoxy) is 1. The lowest BCUT2D eigenvalue weighted by molar-refractivity contribution is 0.325. The molecule has 1 aromatic rings. The van der Waals surface area contributed by atoms with E-state index in [1.807, 2.05) is 30.3 Å². The molecule has 0 saturated carbocycles. The predicted molar refractivity (Wildman–Crippen MR) is 44.3 cm³/mol. The van der Waals surface area contributed by atoms with Crippen LogP contribution in [0.25, 0.3) is 6.08 Å². The van der Waals surface area contributed by atoms with Crippen LogP contribution in [0.4, 0.5) is 0 Å². The van der Waals surface area contributed by atoms with Gasteiger partial charge in [-0.1, -0.05) is 18.2 Å². The van der Waals surface area contributed by atoms with Crippen molar-refractivity contribution in [3.63, 3.8) is 0 Å². The van der Waals surface area contributed by atoms with Crippen LogP contribution in [-0.2, 0) is 0 Å². The Morgan fingerprint density at radius 3 is 3.18 bits per heavy atom. The zero-order valence-corrected chi connectivity index (χ0v) is 6.21. The lowest BCUT2D eigenvalue weighted by Gasteiger charge is -2.03. The fraction of sp³-hybridized carbons (Fsp3) is 0.200. The van der Waals surface area contributed by atoms with Gasteiger partial charge in [-0.05, 0) is 18.2 Å². The fourth-order valence-corrected chi connectivity index (χ4v) is 1.13. The number of hydrogen-bond acceptors (Lipinski definition) is 1. The maximum absolute atomic E-state index is 5.45. The monoisotopic (exact) mass is 145 g/mol. The van der Waals surface area contributed by atoms with Gasteiger partial charge in [-0.25, -0.2) is 0 Å². The summed E-state index contributed by atoms with van der Waals surface area (Å²) in [6, 6.07) is 8.01. The summed E-state index contributed by atoms with van der Waals surface area (Å²) in [6.45, 7) is 0.744. The molecule has 0 bridgehead atoms. The SMILES string of the molecule is [C]1=Cc2ccccc2OCC1. The van der Waals surface area contributed by atoms with Gasteiger partial charge in [-0.2, -0.15) is 0 Å². The van der Waals surface area contributed by atoms with Crippen LogP contribution in [0.15, 0.2) is 24.3 Å². The molecule has 0 aromatic heterocycles. The molecule has 1 heteroatoms. The molecule has 0 unspecified atom stereocenters. The Labute approximate surface area is 66.3 Å². The highest BCUT2D eigenvalue weighted by Crippen LogP contribution is 2.21. The summed E-state index contributed by atoms with van der Waals surface area (Å²) in [4.78, 5) is 0. The molecule has 1 aliphatic heterocycles. The van der Waals surface area contributed by atoms with E-state index in [-0.39, 0.29) is 0 Å². The molecular formula is C10H9O. The van der Waals surface area contributed by atoms with Crippen LogP contribution in [0.2, 0.25) is 0 Å². The molecule has 2 rings (SSSR count). The Balaban J connectivity index is 2.45. The summed E-state index contributed by atoms with van der Waals surface area (Å²) >= 11 is 0. The number of rotatable bonds is 0. The van der Waals surface area contributed by atoms with Crippen molar-refractivity contribution in [3.05, 3.63) is 35.9 Å². The van der Waals surface area contributed by atoms with E-state index in [0.29, 0.717) is 0 Å². The standard InChI is InChI=1S/C10H9O/c1-2-7-10-9(5-1)6-3-4-8-11-10/h1-2,5-7H,4,8H2. The van der Waals surface area contributed by atoms with Crippen molar-refractivity contribution >= 4 is 6.08 Å². The Morgan fingerprint density at radius 2 is 2.18 bits per heavy atom. The average molecular weight is 145 g/mol. The highest BCUT2D eigenvalue weighted by atomic mass is 16.5. The van der Waals surface area contributed by atoms with Gasteiger partial charge in [0.2, 0.25) is 0 Å². The van der Waals surface area contributed by atoms with Crippen molar-refractivity contribution in [2.75, 3.05) is 6.61 Å². The third kappa shape index (κ3) is 1.27. The van der Waals surface area contributed by atoms with E-state index in [9.17, 15) is 0 Å². The maximum Gasteiger partial charge on any atom is 0.126 e. The van der Waals surface area contributed by atoms with E-state index in [4.69, 9.17) is 4.74 Å². The lowest BCUT2D eigenvalue weighted by atomic mass is 10.2. The number of hydrogen-bond donors (Lipinski definition) is 0. The highest BCUT2D eigenvalue weighted by Gasteiger charge is 2.01. The van der Waals surface area contributed by atoms with Crippen molar-refractivity contribution in [2.45, 2.75) is 6.42 Å². The van der Waals surface area contributed by atoms with Crippen LogP contribution in [0.1, 0.15) is 12.0 Å². The van der Waals surface area contributed by atoms with Crippen molar-refractivity contribution in [3.8, 4) is 5.75 Å². The fourth-order valence-electron chi connectivity index (χ4n) is 1.13. The van der Waals surface area contributed by atoms with Crippen LogP contribution >= 0.6 is 0 Å². The van der Waals surface area contributed by atoms with Crippen molar-refractivity contribution < 1.29 is 4.74 Å². The Morgan fingerprint density at radius 1 is 1.27 bits per heavy atom. The maximum atomic E-state index is 5.45. The summed E-state index contributed by atoms with van der Waals surface area (Å²) in [5, 5.41) is 0. The van der Waals surface area contributed by atoms with Gasteiger partial charge in [0.05, 0.1) is 6.61 Å². The molecule has 11 heavy (non-hydrogen) atoms. The molecule has 1 aliphatic rings. The van der Waals surface area contributed by atoms with Crippen LogP contribution in [-0.4, -0.2) is 6.61 Å².